The maximum atomic E-state index is 11.8. The van der Waals surface area contributed by atoms with E-state index in [4.69, 9.17) is 11.6 Å². The van der Waals surface area contributed by atoms with E-state index in [1.807, 2.05) is 19.9 Å². The van der Waals surface area contributed by atoms with Crippen LogP contribution in [0, 0.1) is 13.8 Å². The van der Waals surface area contributed by atoms with E-state index in [2.05, 4.69) is 15.4 Å². The van der Waals surface area contributed by atoms with Crippen molar-refractivity contribution in [1.82, 2.24) is 14.8 Å². The molecule has 2 rings (SSSR count). The van der Waals surface area contributed by atoms with Gasteiger partial charge in [0.2, 0.25) is 5.91 Å². The first-order chi connectivity index (χ1) is 8.54. The van der Waals surface area contributed by atoms with Crippen LogP contribution < -0.4 is 5.32 Å². The van der Waals surface area contributed by atoms with Gasteiger partial charge in [0.25, 0.3) is 0 Å². The molecular weight excluding hydrogens is 252 g/mol. The predicted molar refractivity (Wildman–Crippen MR) is 69.6 cm³/mol. The number of nitrogens with one attached hydrogen (secondary N) is 1. The van der Waals surface area contributed by atoms with Gasteiger partial charge in [0.1, 0.15) is 12.4 Å². The Kier molecular flexibility index (Phi) is 3.62. The number of carbonyl (C=O) groups is 1. The normalized spacial score (nSPS) is 10.4. The van der Waals surface area contributed by atoms with Gasteiger partial charge in [-0.25, -0.2) is 4.98 Å². The molecule has 0 radical (unpaired) electrons. The van der Waals surface area contributed by atoms with Crippen LogP contribution in [-0.2, 0) is 11.3 Å². The average Bonchev–Trinajstić information content (AvgIpc) is 2.57. The third-order valence-electron chi connectivity index (χ3n) is 2.39. The van der Waals surface area contributed by atoms with Gasteiger partial charge in [0.15, 0.2) is 0 Å². The Morgan fingerprint density at radius 3 is 2.83 bits per heavy atom. The molecule has 1 amide bonds. The SMILES string of the molecule is Cc1cc(C)n(CC(=O)Nc2cc(Cl)ccn2)n1. The lowest BCUT2D eigenvalue weighted by Crippen LogP contribution is -2.20. The van der Waals surface area contributed by atoms with E-state index in [1.54, 1.807) is 23.0 Å². The zero-order valence-electron chi connectivity index (χ0n) is 10.1. The zero-order valence-corrected chi connectivity index (χ0v) is 10.9. The highest BCUT2D eigenvalue weighted by Crippen LogP contribution is 2.11. The molecule has 0 aromatic carbocycles. The molecule has 0 fully saturated rings. The molecule has 2 heterocycles. The Morgan fingerprint density at radius 2 is 2.22 bits per heavy atom. The predicted octanol–water partition coefficient (Wildman–Crippen LogP) is 2.19. The highest BCUT2D eigenvalue weighted by molar-refractivity contribution is 6.30. The van der Waals surface area contributed by atoms with Gasteiger partial charge in [-0.2, -0.15) is 5.10 Å². The lowest BCUT2D eigenvalue weighted by Gasteiger charge is -2.06. The second-order valence-electron chi connectivity index (χ2n) is 3.99. The number of aryl methyl sites for hydroxylation is 2. The number of rotatable bonds is 3. The van der Waals surface area contributed by atoms with E-state index in [0.29, 0.717) is 10.8 Å². The molecule has 5 nitrogen and oxygen atoms in total. The van der Waals surface area contributed by atoms with Crippen molar-refractivity contribution >= 4 is 23.3 Å². The van der Waals surface area contributed by atoms with Crippen molar-refractivity contribution in [1.29, 1.82) is 0 Å². The van der Waals surface area contributed by atoms with E-state index in [1.165, 1.54) is 0 Å². The zero-order chi connectivity index (χ0) is 13.1. The lowest BCUT2D eigenvalue weighted by atomic mass is 10.4. The van der Waals surface area contributed by atoms with Crippen LogP contribution in [0.1, 0.15) is 11.4 Å². The smallest absolute Gasteiger partial charge is 0.247 e. The van der Waals surface area contributed by atoms with E-state index in [-0.39, 0.29) is 12.5 Å². The van der Waals surface area contributed by atoms with Gasteiger partial charge >= 0.3 is 0 Å². The topological polar surface area (TPSA) is 59.8 Å². The molecule has 1 N–H and O–H groups in total. The maximum Gasteiger partial charge on any atom is 0.247 e. The Labute approximate surface area is 110 Å². The maximum absolute atomic E-state index is 11.8. The fraction of sp³-hybridized carbons (Fsp3) is 0.250. The van der Waals surface area contributed by atoms with Crippen LogP contribution in [0.15, 0.2) is 24.4 Å². The molecule has 18 heavy (non-hydrogen) atoms. The Hall–Kier alpha value is -1.88. The fourth-order valence-corrected chi connectivity index (χ4v) is 1.79. The minimum atomic E-state index is -0.184. The number of anilines is 1. The number of halogens is 1. The molecule has 0 saturated heterocycles. The largest absolute Gasteiger partial charge is 0.309 e. The van der Waals surface area contributed by atoms with Crippen molar-refractivity contribution in [3.8, 4) is 0 Å². The third kappa shape index (κ3) is 3.07. The molecule has 0 spiro atoms. The summed E-state index contributed by atoms with van der Waals surface area (Å²) in [7, 11) is 0. The number of amides is 1. The summed E-state index contributed by atoms with van der Waals surface area (Å²) in [5.74, 6) is 0.255. The fourth-order valence-electron chi connectivity index (χ4n) is 1.63. The van der Waals surface area contributed by atoms with Gasteiger partial charge in [-0.1, -0.05) is 11.6 Å². The molecule has 0 bridgehead atoms. The van der Waals surface area contributed by atoms with Crippen LogP contribution in [0.4, 0.5) is 5.82 Å². The standard InChI is InChI=1S/C12H13ClN4O/c1-8-5-9(2)17(16-8)7-12(18)15-11-6-10(13)3-4-14-11/h3-6H,7H2,1-2H3,(H,14,15,18). The average molecular weight is 265 g/mol. The highest BCUT2D eigenvalue weighted by atomic mass is 35.5. The summed E-state index contributed by atoms with van der Waals surface area (Å²) in [5, 5.41) is 7.42. The van der Waals surface area contributed by atoms with Gasteiger partial charge in [0.05, 0.1) is 5.69 Å². The minimum Gasteiger partial charge on any atom is -0.309 e. The van der Waals surface area contributed by atoms with Crippen molar-refractivity contribution < 1.29 is 4.79 Å². The first kappa shape index (κ1) is 12.6. The van der Waals surface area contributed by atoms with Crippen LogP contribution in [0.3, 0.4) is 0 Å². The molecule has 0 aliphatic heterocycles. The Bertz CT molecular complexity index is 579. The van der Waals surface area contributed by atoms with Gasteiger partial charge in [-0.3, -0.25) is 9.48 Å². The number of aromatic nitrogens is 3. The monoisotopic (exact) mass is 264 g/mol. The van der Waals surface area contributed by atoms with E-state index in [0.717, 1.165) is 11.4 Å². The molecule has 2 aromatic heterocycles. The van der Waals surface area contributed by atoms with E-state index >= 15 is 0 Å². The van der Waals surface area contributed by atoms with Gasteiger partial charge in [-0.05, 0) is 32.0 Å². The number of hydrogen-bond donors (Lipinski definition) is 1. The molecule has 0 aliphatic rings. The number of pyridine rings is 1. The molecular formula is C12H13ClN4O. The molecule has 0 atom stereocenters. The molecule has 0 saturated carbocycles. The van der Waals surface area contributed by atoms with Gasteiger partial charge < -0.3 is 5.32 Å². The van der Waals surface area contributed by atoms with Crippen LogP contribution in [0.25, 0.3) is 0 Å². The van der Waals surface area contributed by atoms with Crippen molar-refractivity contribution in [2.24, 2.45) is 0 Å². The highest BCUT2D eigenvalue weighted by Gasteiger charge is 2.08. The summed E-state index contributed by atoms with van der Waals surface area (Å²) in [4.78, 5) is 15.8. The number of carbonyl (C=O) groups excluding carboxylic acids is 1. The summed E-state index contributed by atoms with van der Waals surface area (Å²) < 4.78 is 1.65. The first-order valence-electron chi connectivity index (χ1n) is 5.47. The summed E-state index contributed by atoms with van der Waals surface area (Å²) in [6.45, 7) is 3.96. The summed E-state index contributed by atoms with van der Waals surface area (Å²) in [6, 6.07) is 5.17. The van der Waals surface area contributed by atoms with Crippen molar-refractivity contribution in [3.63, 3.8) is 0 Å². The number of nitrogens with zero attached hydrogens (tertiary/aromatic N) is 3. The Balaban J connectivity index is 2.03. The van der Waals surface area contributed by atoms with E-state index in [9.17, 15) is 4.79 Å². The van der Waals surface area contributed by atoms with Crippen LogP contribution in [0.2, 0.25) is 5.02 Å². The van der Waals surface area contributed by atoms with Crippen LogP contribution in [-0.4, -0.2) is 20.7 Å². The Morgan fingerprint density at radius 1 is 1.44 bits per heavy atom. The summed E-state index contributed by atoms with van der Waals surface area (Å²) >= 11 is 5.81. The van der Waals surface area contributed by atoms with Crippen LogP contribution >= 0.6 is 11.6 Å². The molecule has 6 heteroatoms. The molecule has 0 unspecified atom stereocenters. The summed E-state index contributed by atoms with van der Waals surface area (Å²) in [6.07, 6.45) is 1.54. The van der Waals surface area contributed by atoms with Crippen molar-refractivity contribution in [2.75, 3.05) is 5.32 Å². The first-order valence-corrected chi connectivity index (χ1v) is 5.85. The van der Waals surface area contributed by atoms with E-state index < -0.39 is 0 Å². The summed E-state index contributed by atoms with van der Waals surface area (Å²) in [5.41, 5.74) is 1.84. The number of hydrogen-bond acceptors (Lipinski definition) is 3. The quantitative estimate of drug-likeness (QED) is 0.924. The van der Waals surface area contributed by atoms with Crippen molar-refractivity contribution in [3.05, 3.63) is 40.8 Å². The molecule has 2 aromatic rings. The second-order valence-corrected chi connectivity index (χ2v) is 4.43. The third-order valence-corrected chi connectivity index (χ3v) is 2.62. The molecule has 94 valence electrons. The van der Waals surface area contributed by atoms with Crippen molar-refractivity contribution in [2.45, 2.75) is 20.4 Å². The van der Waals surface area contributed by atoms with Gasteiger partial charge in [-0.15, -0.1) is 0 Å². The van der Waals surface area contributed by atoms with Gasteiger partial charge in [0, 0.05) is 16.9 Å². The minimum absolute atomic E-state index is 0.161. The van der Waals surface area contributed by atoms with Crippen LogP contribution in [0.5, 0.6) is 0 Å². The second kappa shape index (κ2) is 5.18. The molecule has 0 aliphatic carbocycles. The lowest BCUT2D eigenvalue weighted by molar-refractivity contribution is -0.117.